The Hall–Kier alpha value is -1.23. The van der Waals surface area contributed by atoms with E-state index in [2.05, 4.69) is 12.2 Å². The number of rotatable bonds is 7. The van der Waals surface area contributed by atoms with Crippen LogP contribution in [0.5, 0.6) is 5.75 Å². The lowest BCUT2D eigenvalue weighted by Gasteiger charge is -2.12. The fourth-order valence-corrected chi connectivity index (χ4v) is 3.77. The van der Waals surface area contributed by atoms with Gasteiger partial charge in [-0.1, -0.05) is 13.3 Å². The molecule has 2 aliphatic carbocycles. The van der Waals surface area contributed by atoms with Gasteiger partial charge in [-0.15, -0.1) is 11.3 Å². The summed E-state index contributed by atoms with van der Waals surface area (Å²) in [6.07, 6.45) is 4.43. The molecule has 2 atom stereocenters. The minimum absolute atomic E-state index is 0.0486. The maximum atomic E-state index is 12.3. The average molecular weight is 308 g/mol. The molecule has 5 heteroatoms. The first-order valence-corrected chi connectivity index (χ1v) is 8.72. The van der Waals surface area contributed by atoms with E-state index < -0.39 is 0 Å². The van der Waals surface area contributed by atoms with Gasteiger partial charge in [-0.05, 0) is 39.0 Å². The molecule has 116 valence electrons. The van der Waals surface area contributed by atoms with Crippen molar-refractivity contribution >= 4 is 27.8 Å². The summed E-state index contributed by atoms with van der Waals surface area (Å²) in [5.41, 5.74) is 6.74. The van der Waals surface area contributed by atoms with Crippen molar-refractivity contribution < 1.29 is 9.53 Å². The molecule has 1 heterocycles. The van der Waals surface area contributed by atoms with E-state index in [9.17, 15) is 4.79 Å². The van der Waals surface area contributed by atoms with Crippen LogP contribution in [0.25, 0.3) is 0 Å². The molecule has 0 radical (unpaired) electrons. The number of carbonyl (C=O) groups is 1. The maximum absolute atomic E-state index is 12.3. The highest BCUT2D eigenvalue weighted by molar-refractivity contribution is 7.19. The van der Waals surface area contributed by atoms with E-state index in [0.717, 1.165) is 23.8 Å². The third-order valence-electron chi connectivity index (χ3n) is 4.19. The number of nitrogen functional groups attached to an aromatic ring is 1. The highest BCUT2D eigenvalue weighted by Crippen LogP contribution is 2.49. The van der Waals surface area contributed by atoms with Gasteiger partial charge in [0.05, 0.1) is 16.7 Å². The molecule has 2 aliphatic rings. The van der Waals surface area contributed by atoms with Gasteiger partial charge in [0.1, 0.15) is 5.00 Å². The molecule has 2 fully saturated rings. The second-order valence-corrected chi connectivity index (χ2v) is 7.48. The highest BCUT2D eigenvalue weighted by Gasteiger charge is 2.38. The molecule has 4 nitrogen and oxygen atoms in total. The molecule has 1 aromatic rings. The van der Waals surface area contributed by atoms with Crippen LogP contribution in [0.1, 0.15) is 56.1 Å². The van der Waals surface area contributed by atoms with Crippen LogP contribution in [0, 0.1) is 11.8 Å². The molecule has 3 rings (SSSR count). The smallest absolute Gasteiger partial charge is 0.178 e. The lowest BCUT2D eigenvalue weighted by Crippen LogP contribution is -2.10. The minimum Gasteiger partial charge on any atom is -0.486 e. The van der Waals surface area contributed by atoms with E-state index in [0.29, 0.717) is 22.4 Å². The van der Waals surface area contributed by atoms with Gasteiger partial charge in [-0.2, -0.15) is 0 Å². The zero-order valence-electron chi connectivity index (χ0n) is 12.9. The van der Waals surface area contributed by atoms with E-state index in [-0.39, 0.29) is 17.8 Å². The number of ether oxygens (including phenoxy) is 1. The first-order chi connectivity index (χ1) is 10.0. The summed E-state index contributed by atoms with van der Waals surface area (Å²) in [6.45, 7) is 6.17. The fourth-order valence-electron chi connectivity index (χ4n) is 2.63. The molecular weight excluding hydrogens is 284 g/mol. The van der Waals surface area contributed by atoms with Gasteiger partial charge < -0.3 is 15.8 Å². The summed E-state index contributed by atoms with van der Waals surface area (Å²) in [5, 5.41) is 4.46. The SMILES string of the molecule is CCC1CC1Nc1sc(C(=O)C2CC2)c(N)c1OC(C)C. The molecule has 0 amide bonds. The van der Waals surface area contributed by atoms with Crippen LogP contribution in [0.3, 0.4) is 0 Å². The topological polar surface area (TPSA) is 64.4 Å². The van der Waals surface area contributed by atoms with E-state index in [1.807, 2.05) is 13.8 Å². The van der Waals surface area contributed by atoms with E-state index >= 15 is 0 Å². The summed E-state index contributed by atoms with van der Waals surface area (Å²) >= 11 is 1.47. The molecule has 0 aliphatic heterocycles. The van der Waals surface area contributed by atoms with E-state index in [1.54, 1.807) is 0 Å². The molecule has 0 saturated heterocycles. The average Bonchev–Trinajstić information content (AvgIpc) is 3.33. The van der Waals surface area contributed by atoms with Gasteiger partial charge in [0.25, 0.3) is 0 Å². The van der Waals surface area contributed by atoms with Crippen molar-refractivity contribution in [3.63, 3.8) is 0 Å². The van der Waals surface area contributed by atoms with Gasteiger partial charge in [-0.25, -0.2) is 0 Å². The van der Waals surface area contributed by atoms with Crippen molar-refractivity contribution in [3.8, 4) is 5.75 Å². The zero-order chi connectivity index (χ0) is 15.1. The standard InChI is InChI=1S/C16H24N2O2S/c1-4-9-7-11(9)18-16-14(20-8(2)3)12(17)15(21-16)13(19)10-5-6-10/h8-11,18H,4-7,17H2,1-3H3. The molecule has 0 aromatic carbocycles. The van der Waals surface area contributed by atoms with Crippen LogP contribution in [-0.2, 0) is 0 Å². The molecular formula is C16H24N2O2S. The Morgan fingerprint density at radius 2 is 2.19 bits per heavy atom. The van der Waals surface area contributed by atoms with Gasteiger partial charge in [0.15, 0.2) is 11.5 Å². The van der Waals surface area contributed by atoms with Crippen LogP contribution >= 0.6 is 11.3 Å². The number of hydrogen-bond acceptors (Lipinski definition) is 5. The first-order valence-electron chi connectivity index (χ1n) is 7.90. The number of thiophene rings is 1. The normalized spacial score (nSPS) is 24.2. The number of ketones is 1. The first kappa shape index (κ1) is 14.7. The number of Topliss-reactive ketones (excluding diaryl/α,β-unsaturated/α-hetero) is 1. The Morgan fingerprint density at radius 1 is 1.48 bits per heavy atom. The second-order valence-electron chi connectivity index (χ2n) is 6.46. The molecule has 1 aromatic heterocycles. The van der Waals surface area contributed by atoms with Crippen LogP contribution < -0.4 is 15.8 Å². The Morgan fingerprint density at radius 3 is 2.71 bits per heavy atom. The molecule has 2 unspecified atom stereocenters. The van der Waals surface area contributed by atoms with Gasteiger partial charge in [-0.3, -0.25) is 4.79 Å². The highest BCUT2D eigenvalue weighted by atomic mass is 32.1. The Labute approximate surface area is 130 Å². The monoisotopic (exact) mass is 308 g/mol. The fraction of sp³-hybridized carbons (Fsp3) is 0.688. The van der Waals surface area contributed by atoms with Crippen molar-refractivity contribution in [1.29, 1.82) is 0 Å². The number of nitrogens with one attached hydrogen (secondary N) is 1. The summed E-state index contributed by atoms with van der Waals surface area (Å²) in [5.74, 6) is 1.81. The van der Waals surface area contributed by atoms with Gasteiger partial charge in [0, 0.05) is 12.0 Å². The lowest BCUT2D eigenvalue weighted by molar-refractivity contribution is 0.0972. The quantitative estimate of drug-likeness (QED) is 0.749. The lowest BCUT2D eigenvalue weighted by atomic mass is 10.2. The summed E-state index contributed by atoms with van der Waals surface area (Å²) in [7, 11) is 0. The second kappa shape index (κ2) is 5.52. The van der Waals surface area contributed by atoms with Crippen molar-refractivity contribution in [1.82, 2.24) is 0 Å². The predicted molar refractivity (Wildman–Crippen MR) is 87.4 cm³/mol. The number of carbonyl (C=O) groups excluding carboxylic acids is 1. The van der Waals surface area contributed by atoms with Crippen molar-refractivity contribution in [3.05, 3.63) is 4.88 Å². The molecule has 21 heavy (non-hydrogen) atoms. The van der Waals surface area contributed by atoms with Crippen molar-refractivity contribution in [2.45, 2.75) is 58.6 Å². The third-order valence-corrected chi connectivity index (χ3v) is 5.32. The van der Waals surface area contributed by atoms with Crippen LogP contribution in [0.4, 0.5) is 10.7 Å². The number of anilines is 2. The maximum Gasteiger partial charge on any atom is 0.178 e. The zero-order valence-corrected chi connectivity index (χ0v) is 13.8. The van der Waals surface area contributed by atoms with Crippen LogP contribution in [0.2, 0.25) is 0 Å². The number of nitrogens with two attached hydrogens (primary N) is 1. The Kier molecular flexibility index (Phi) is 3.86. The Balaban J connectivity index is 1.85. The van der Waals surface area contributed by atoms with Gasteiger partial charge in [0.2, 0.25) is 0 Å². The minimum atomic E-state index is 0.0486. The largest absolute Gasteiger partial charge is 0.486 e. The molecule has 3 N–H and O–H groups in total. The van der Waals surface area contributed by atoms with E-state index in [1.165, 1.54) is 24.2 Å². The van der Waals surface area contributed by atoms with Crippen molar-refractivity contribution in [2.24, 2.45) is 11.8 Å². The summed E-state index contributed by atoms with van der Waals surface area (Å²) < 4.78 is 5.88. The summed E-state index contributed by atoms with van der Waals surface area (Å²) in [6, 6.07) is 0.506. The molecule has 2 saturated carbocycles. The van der Waals surface area contributed by atoms with E-state index in [4.69, 9.17) is 10.5 Å². The number of hydrogen-bond donors (Lipinski definition) is 2. The summed E-state index contributed by atoms with van der Waals surface area (Å²) in [4.78, 5) is 13.0. The third kappa shape index (κ3) is 3.03. The molecule has 0 bridgehead atoms. The van der Waals surface area contributed by atoms with Crippen LogP contribution in [0.15, 0.2) is 0 Å². The Bertz CT molecular complexity index is 549. The van der Waals surface area contributed by atoms with Gasteiger partial charge >= 0.3 is 0 Å². The predicted octanol–water partition coefficient (Wildman–Crippen LogP) is 3.92. The molecule has 0 spiro atoms. The van der Waals surface area contributed by atoms with Crippen LogP contribution in [-0.4, -0.2) is 17.9 Å². The van der Waals surface area contributed by atoms with Crippen molar-refractivity contribution in [2.75, 3.05) is 11.1 Å².